The number of hydrogen-bond acceptors (Lipinski definition) is 4. The summed E-state index contributed by atoms with van der Waals surface area (Å²) in [5.41, 5.74) is 6.03. The molecule has 0 aliphatic carbocycles. The molecule has 1 aliphatic rings. The van der Waals surface area contributed by atoms with Crippen LogP contribution in [-0.2, 0) is 14.8 Å². The molecule has 0 spiro atoms. The fourth-order valence-electron chi connectivity index (χ4n) is 2.56. The molecule has 0 aromatic heterocycles. The van der Waals surface area contributed by atoms with Gasteiger partial charge in [-0.3, -0.25) is 0 Å². The topological polar surface area (TPSA) is 72.6 Å². The van der Waals surface area contributed by atoms with Crippen molar-refractivity contribution in [2.75, 3.05) is 20.2 Å². The molecule has 1 fully saturated rings. The van der Waals surface area contributed by atoms with E-state index in [-0.39, 0.29) is 16.0 Å². The average molecular weight is 328 g/mol. The van der Waals surface area contributed by atoms with Gasteiger partial charge in [-0.1, -0.05) is 37.3 Å². The molecule has 1 saturated heterocycles. The van der Waals surface area contributed by atoms with Crippen LogP contribution in [0.5, 0.6) is 0 Å². The first-order valence-electron chi connectivity index (χ1n) is 6.79. The van der Waals surface area contributed by atoms with E-state index in [1.54, 1.807) is 31.4 Å². The third-order valence-electron chi connectivity index (χ3n) is 3.93. The van der Waals surface area contributed by atoms with Gasteiger partial charge in [0, 0.05) is 25.8 Å². The molecule has 116 valence electrons. The predicted octanol–water partition coefficient (Wildman–Crippen LogP) is 1.37. The molecule has 5 nitrogen and oxygen atoms in total. The van der Waals surface area contributed by atoms with Crippen molar-refractivity contribution >= 4 is 27.2 Å². The minimum atomic E-state index is -3.62. The van der Waals surface area contributed by atoms with E-state index in [0.29, 0.717) is 24.6 Å². The van der Waals surface area contributed by atoms with E-state index < -0.39 is 10.0 Å². The summed E-state index contributed by atoms with van der Waals surface area (Å²) in [5, 5.41) is 0. The third kappa shape index (κ3) is 3.26. The number of nitrogens with zero attached hydrogens (tertiary/aromatic N) is 1. The summed E-state index contributed by atoms with van der Waals surface area (Å²) in [6.45, 7) is 2.90. The summed E-state index contributed by atoms with van der Waals surface area (Å²) in [6.07, 6.45) is 0.679. The lowest BCUT2D eigenvalue weighted by Gasteiger charge is -2.35. The van der Waals surface area contributed by atoms with Crippen molar-refractivity contribution in [1.82, 2.24) is 4.31 Å². The molecule has 2 atom stereocenters. The van der Waals surface area contributed by atoms with Gasteiger partial charge in [0.2, 0.25) is 10.0 Å². The molecule has 0 bridgehead atoms. The first kappa shape index (κ1) is 16.4. The molecule has 7 heteroatoms. The average Bonchev–Trinajstić information content (AvgIpc) is 2.47. The van der Waals surface area contributed by atoms with Crippen molar-refractivity contribution < 1.29 is 13.2 Å². The molecule has 0 amide bonds. The molecule has 1 aromatic rings. The molecule has 0 radical (unpaired) electrons. The molecule has 21 heavy (non-hydrogen) atoms. The van der Waals surface area contributed by atoms with Gasteiger partial charge in [-0.2, -0.15) is 4.31 Å². The van der Waals surface area contributed by atoms with Crippen LogP contribution in [0.15, 0.2) is 29.2 Å². The minimum Gasteiger partial charge on any atom is -0.389 e. The maximum absolute atomic E-state index is 12.8. The smallest absolute Gasteiger partial charge is 0.243 e. The van der Waals surface area contributed by atoms with Gasteiger partial charge in [0.25, 0.3) is 0 Å². The van der Waals surface area contributed by atoms with Crippen molar-refractivity contribution in [3.63, 3.8) is 0 Å². The minimum absolute atomic E-state index is 0.0860. The molecule has 1 aromatic carbocycles. The zero-order valence-corrected chi connectivity index (χ0v) is 13.8. The number of methoxy groups -OCH3 is 1. The van der Waals surface area contributed by atoms with Crippen molar-refractivity contribution in [1.29, 1.82) is 0 Å². The molecular formula is C14H20N2O3S2. The van der Waals surface area contributed by atoms with Crippen LogP contribution in [0.2, 0.25) is 0 Å². The second kappa shape index (κ2) is 6.39. The summed E-state index contributed by atoms with van der Waals surface area (Å²) in [6, 6.07) is 6.58. The van der Waals surface area contributed by atoms with Crippen molar-refractivity contribution in [3.05, 3.63) is 29.8 Å². The Morgan fingerprint density at radius 1 is 1.43 bits per heavy atom. The van der Waals surface area contributed by atoms with Gasteiger partial charge in [-0.05, 0) is 18.4 Å². The van der Waals surface area contributed by atoms with E-state index in [2.05, 4.69) is 6.92 Å². The van der Waals surface area contributed by atoms with E-state index in [1.807, 2.05) is 0 Å². The Labute approximate surface area is 131 Å². The number of benzene rings is 1. The summed E-state index contributed by atoms with van der Waals surface area (Å²) < 4.78 is 32.5. The first-order chi connectivity index (χ1) is 9.87. The third-order valence-corrected chi connectivity index (χ3v) is 6.07. The molecule has 2 N–H and O–H groups in total. The Hall–Kier alpha value is -1.02. The molecule has 2 rings (SSSR count). The maximum Gasteiger partial charge on any atom is 0.243 e. The van der Waals surface area contributed by atoms with E-state index in [1.165, 1.54) is 4.31 Å². The SMILES string of the molecule is COC1CN(S(=O)(=O)c2ccccc2C(N)=S)CCC1C. The Kier molecular flexibility index (Phi) is 4.98. The monoisotopic (exact) mass is 328 g/mol. The normalized spacial score (nSPS) is 23.9. The Balaban J connectivity index is 2.37. The Bertz CT molecular complexity index is 631. The van der Waals surface area contributed by atoms with Crippen molar-refractivity contribution in [2.45, 2.75) is 24.3 Å². The maximum atomic E-state index is 12.8. The van der Waals surface area contributed by atoms with E-state index in [4.69, 9.17) is 22.7 Å². The van der Waals surface area contributed by atoms with Gasteiger partial charge in [-0.25, -0.2) is 8.42 Å². The summed E-state index contributed by atoms with van der Waals surface area (Å²) >= 11 is 4.95. The van der Waals surface area contributed by atoms with Crippen LogP contribution in [0.1, 0.15) is 18.9 Å². The number of hydrogen-bond donors (Lipinski definition) is 1. The number of nitrogens with two attached hydrogens (primary N) is 1. The van der Waals surface area contributed by atoms with Crippen molar-refractivity contribution in [3.8, 4) is 0 Å². The highest BCUT2D eigenvalue weighted by Gasteiger charge is 2.34. The number of sulfonamides is 1. The van der Waals surface area contributed by atoms with Crippen LogP contribution in [0.4, 0.5) is 0 Å². The van der Waals surface area contributed by atoms with Gasteiger partial charge in [-0.15, -0.1) is 0 Å². The van der Waals surface area contributed by atoms with Crippen LogP contribution < -0.4 is 5.73 Å². The van der Waals surface area contributed by atoms with Gasteiger partial charge >= 0.3 is 0 Å². The van der Waals surface area contributed by atoms with E-state index >= 15 is 0 Å². The molecule has 2 unspecified atom stereocenters. The lowest BCUT2D eigenvalue weighted by atomic mass is 9.97. The number of rotatable bonds is 4. The second-order valence-corrected chi connectivity index (χ2v) is 7.61. The van der Waals surface area contributed by atoms with Crippen LogP contribution in [-0.4, -0.2) is 44.0 Å². The fraction of sp³-hybridized carbons (Fsp3) is 0.500. The number of ether oxygens (including phenoxy) is 1. The fourth-order valence-corrected chi connectivity index (χ4v) is 4.48. The molecular weight excluding hydrogens is 308 g/mol. The predicted molar refractivity (Wildman–Crippen MR) is 85.7 cm³/mol. The second-order valence-electron chi connectivity index (χ2n) is 5.26. The van der Waals surface area contributed by atoms with E-state index in [0.717, 1.165) is 6.42 Å². The zero-order valence-electron chi connectivity index (χ0n) is 12.2. The first-order valence-corrected chi connectivity index (χ1v) is 8.64. The summed E-state index contributed by atoms with van der Waals surface area (Å²) in [7, 11) is -2.01. The standard InChI is InChI=1S/C14H20N2O3S2/c1-10-7-8-16(9-12(10)19-2)21(17,18)13-6-4-3-5-11(13)14(15)20/h3-6,10,12H,7-9H2,1-2H3,(H2,15,20). The Morgan fingerprint density at radius 3 is 2.71 bits per heavy atom. The molecule has 0 saturated carbocycles. The lowest BCUT2D eigenvalue weighted by molar-refractivity contribution is 0.0184. The van der Waals surface area contributed by atoms with Crippen LogP contribution in [0, 0.1) is 5.92 Å². The summed E-state index contributed by atoms with van der Waals surface area (Å²) in [5.74, 6) is 0.340. The lowest BCUT2D eigenvalue weighted by Crippen LogP contribution is -2.46. The highest BCUT2D eigenvalue weighted by Crippen LogP contribution is 2.26. The van der Waals surface area contributed by atoms with Gasteiger partial charge in [0.15, 0.2) is 0 Å². The largest absolute Gasteiger partial charge is 0.389 e. The molecule has 1 aliphatic heterocycles. The van der Waals surface area contributed by atoms with Crippen LogP contribution >= 0.6 is 12.2 Å². The van der Waals surface area contributed by atoms with Crippen LogP contribution in [0.25, 0.3) is 0 Å². The van der Waals surface area contributed by atoms with Gasteiger partial charge in [0.05, 0.1) is 11.0 Å². The summed E-state index contributed by atoms with van der Waals surface area (Å²) in [4.78, 5) is 0.254. The zero-order chi connectivity index (χ0) is 15.6. The quantitative estimate of drug-likeness (QED) is 0.845. The van der Waals surface area contributed by atoms with Crippen molar-refractivity contribution in [2.24, 2.45) is 11.7 Å². The highest BCUT2D eigenvalue weighted by atomic mass is 32.2. The van der Waals surface area contributed by atoms with Crippen LogP contribution in [0.3, 0.4) is 0 Å². The molecule has 1 heterocycles. The van der Waals surface area contributed by atoms with Gasteiger partial charge in [0.1, 0.15) is 4.99 Å². The van der Waals surface area contributed by atoms with E-state index in [9.17, 15) is 8.42 Å². The highest BCUT2D eigenvalue weighted by molar-refractivity contribution is 7.89. The number of thiocarbonyl (C=S) groups is 1. The number of piperidine rings is 1. The van der Waals surface area contributed by atoms with Gasteiger partial charge < -0.3 is 10.5 Å². The Morgan fingerprint density at radius 2 is 2.10 bits per heavy atom.